The molecule has 3 aromatic heterocycles. The van der Waals surface area contributed by atoms with E-state index in [2.05, 4.69) is 32.5 Å². The van der Waals surface area contributed by atoms with Gasteiger partial charge in [0, 0.05) is 68.5 Å². The molecule has 4 aromatic rings. The van der Waals surface area contributed by atoms with Gasteiger partial charge in [0.15, 0.2) is 11.5 Å². The van der Waals surface area contributed by atoms with Crippen LogP contribution in [-0.4, -0.2) is 50.7 Å². The summed E-state index contributed by atoms with van der Waals surface area (Å²) in [5.74, 6) is -0.819. The van der Waals surface area contributed by atoms with Crippen molar-refractivity contribution in [1.82, 2.24) is 24.5 Å². The molecule has 1 aliphatic heterocycles. The fraction of sp³-hybridized carbons (Fsp3) is 0.348. The minimum Gasteiger partial charge on any atom is -0.368 e. The second kappa shape index (κ2) is 7.90. The number of nitrogens with one attached hydrogen (secondary N) is 2. The first kappa shape index (κ1) is 20.4. The van der Waals surface area contributed by atoms with Crippen LogP contribution in [0.2, 0.25) is 0 Å². The monoisotopic (exact) mass is 435 g/mol. The minimum absolute atomic E-state index is 0.235. The Hall–Kier alpha value is -3.46. The van der Waals surface area contributed by atoms with Gasteiger partial charge in [0.2, 0.25) is 0 Å². The standard InChI is InChI=1S/C23H26FN7O/c1-4-15-11-30(8-7-25-15)20-6-5-17(21-18(20)13-29(3)28-21)23(32)27-16-9-19(24)22-26-14(2)10-31(22)12-16/h5-6,9-10,12-13,15,25H,4,7-8,11H2,1-3H3,(H,27,32). The molecule has 1 unspecified atom stereocenters. The van der Waals surface area contributed by atoms with Crippen molar-refractivity contribution in [2.45, 2.75) is 26.3 Å². The van der Waals surface area contributed by atoms with Gasteiger partial charge in [0.05, 0.1) is 16.9 Å². The Labute approximate surface area is 185 Å². The van der Waals surface area contributed by atoms with Gasteiger partial charge in [-0.2, -0.15) is 5.10 Å². The predicted octanol–water partition coefficient (Wildman–Crippen LogP) is 3.11. The normalized spacial score (nSPS) is 16.8. The summed E-state index contributed by atoms with van der Waals surface area (Å²) in [5.41, 5.74) is 3.46. The summed E-state index contributed by atoms with van der Waals surface area (Å²) in [4.78, 5) is 19.6. The van der Waals surface area contributed by atoms with Crippen molar-refractivity contribution in [3.8, 4) is 0 Å². The quantitative estimate of drug-likeness (QED) is 0.515. The van der Waals surface area contributed by atoms with Crippen LogP contribution in [0.4, 0.5) is 15.8 Å². The molecule has 0 spiro atoms. The van der Waals surface area contributed by atoms with Crippen molar-refractivity contribution in [1.29, 1.82) is 0 Å². The molecular formula is C23H26FN7O. The summed E-state index contributed by atoms with van der Waals surface area (Å²) >= 11 is 0. The molecule has 4 heterocycles. The third-order valence-electron chi connectivity index (χ3n) is 5.99. The lowest BCUT2D eigenvalue weighted by molar-refractivity contribution is 0.102. The molecule has 5 rings (SSSR count). The molecule has 2 N–H and O–H groups in total. The number of fused-ring (bicyclic) bond motifs is 2. The number of hydrogen-bond acceptors (Lipinski definition) is 5. The van der Waals surface area contributed by atoms with E-state index >= 15 is 0 Å². The van der Waals surface area contributed by atoms with Crippen molar-refractivity contribution >= 4 is 33.8 Å². The van der Waals surface area contributed by atoms with E-state index in [1.54, 1.807) is 34.5 Å². The highest BCUT2D eigenvalue weighted by Crippen LogP contribution is 2.30. The van der Waals surface area contributed by atoms with Gasteiger partial charge in [-0.05, 0) is 25.5 Å². The number of hydrogen-bond donors (Lipinski definition) is 2. The van der Waals surface area contributed by atoms with Crippen LogP contribution in [-0.2, 0) is 7.05 Å². The molecule has 1 amide bonds. The lowest BCUT2D eigenvalue weighted by Crippen LogP contribution is -2.50. The Morgan fingerprint density at radius 1 is 1.31 bits per heavy atom. The van der Waals surface area contributed by atoms with Crippen LogP contribution in [0.3, 0.4) is 0 Å². The second-order valence-electron chi connectivity index (χ2n) is 8.35. The highest BCUT2D eigenvalue weighted by molar-refractivity contribution is 6.13. The number of piperazine rings is 1. The number of carbonyl (C=O) groups is 1. The Morgan fingerprint density at radius 3 is 2.97 bits per heavy atom. The number of aromatic nitrogens is 4. The molecular weight excluding hydrogens is 409 g/mol. The number of aryl methyl sites for hydroxylation is 2. The van der Waals surface area contributed by atoms with E-state index in [9.17, 15) is 9.18 Å². The molecule has 1 aliphatic rings. The van der Waals surface area contributed by atoms with Gasteiger partial charge in [-0.25, -0.2) is 9.37 Å². The van der Waals surface area contributed by atoms with E-state index in [1.165, 1.54) is 6.07 Å². The Bertz CT molecular complexity index is 1330. The number of imidazole rings is 1. The number of anilines is 2. The number of amides is 1. The molecule has 8 nitrogen and oxygen atoms in total. The topological polar surface area (TPSA) is 79.5 Å². The predicted molar refractivity (Wildman–Crippen MR) is 123 cm³/mol. The molecule has 9 heteroatoms. The molecule has 0 aliphatic carbocycles. The molecule has 166 valence electrons. The molecule has 1 aromatic carbocycles. The average Bonchev–Trinajstić information content (AvgIpc) is 3.34. The minimum atomic E-state index is -0.488. The number of nitrogens with zero attached hydrogens (tertiary/aromatic N) is 5. The van der Waals surface area contributed by atoms with Crippen molar-refractivity contribution in [2.75, 3.05) is 29.9 Å². The summed E-state index contributed by atoms with van der Waals surface area (Å²) in [6.45, 7) is 6.71. The maximum atomic E-state index is 14.4. The Balaban J connectivity index is 1.49. The molecule has 32 heavy (non-hydrogen) atoms. The number of pyridine rings is 1. The molecule has 0 saturated carbocycles. The fourth-order valence-electron chi connectivity index (χ4n) is 4.43. The van der Waals surface area contributed by atoms with E-state index in [0.29, 0.717) is 28.5 Å². The first-order valence-electron chi connectivity index (χ1n) is 10.8. The molecule has 1 fully saturated rings. The van der Waals surface area contributed by atoms with Crippen molar-refractivity contribution < 1.29 is 9.18 Å². The first-order valence-corrected chi connectivity index (χ1v) is 10.8. The zero-order chi connectivity index (χ0) is 22.4. The van der Waals surface area contributed by atoms with Gasteiger partial charge in [0.1, 0.15) is 5.52 Å². The highest BCUT2D eigenvalue weighted by Gasteiger charge is 2.23. The summed E-state index contributed by atoms with van der Waals surface area (Å²) in [6, 6.07) is 5.52. The molecule has 0 bridgehead atoms. The van der Waals surface area contributed by atoms with Crippen molar-refractivity contribution in [2.24, 2.45) is 7.05 Å². The molecule has 1 atom stereocenters. The van der Waals surface area contributed by atoms with Crippen LogP contribution in [0.15, 0.2) is 36.8 Å². The first-order chi connectivity index (χ1) is 15.4. The fourth-order valence-corrected chi connectivity index (χ4v) is 4.43. The third-order valence-corrected chi connectivity index (χ3v) is 5.99. The summed E-state index contributed by atoms with van der Waals surface area (Å²) in [6.07, 6.45) is 6.39. The number of rotatable bonds is 4. The van der Waals surface area contributed by atoms with Gasteiger partial charge in [-0.1, -0.05) is 6.92 Å². The van der Waals surface area contributed by atoms with Gasteiger partial charge >= 0.3 is 0 Å². The van der Waals surface area contributed by atoms with E-state index in [0.717, 1.165) is 37.1 Å². The summed E-state index contributed by atoms with van der Waals surface area (Å²) < 4.78 is 17.7. The average molecular weight is 436 g/mol. The second-order valence-corrected chi connectivity index (χ2v) is 8.35. The summed E-state index contributed by atoms with van der Waals surface area (Å²) in [7, 11) is 1.85. The zero-order valence-electron chi connectivity index (χ0n) is 18.4. The van der Waals surface area contributed by atoms with Gasteiger partial charge in [0.25, 0.3) is 5.91 Å². The van der Waals surface area contributed by atoms with E-state index in [-0.39, 0.29) is 11.6 Å². The largest absolute Gasteiger partial charge is 0.368 e. The van der Waals surface area contributed by atoms with Crippen LogP contribution < -0.4 is 15.5 Å². The van der Waals surface area contributed by atoms with Gasteiger partial charge in [-0.3, -0.25) is 9.48 Å². The molecule has 0 radical (unpaired) electrons. The van der Waals surface area contributed by atoms with E-state index in [4.69, 9.17) is 0 Å². The third kappa shape index (κ3) is 3.58. The van der Waals surface area contributed by atoms with E-state index in [1.807, 2.05) is 19.3 Å². The van der Waals surface area contributed by atoms with E-state index < -0.39 is 5.82 Å². The Kier molecular flexibility index (Phi) is 5.05. The maximum absolute atomic E-state index is 14.4. The SMILES string of the molecule is CCC1CN(c2ccc(C(=O)Nc3cc(F)c4nc(C)cn4c3)c3nn(C)cc23)CCN1. The van der Waals surface area contributed by atoms with Gasteiger partial charge < -0.3 is 19.9 Å². The lowest BCUT2D eigenvalue weighted by Gasteiger charge is -2.35. The number of halogens is 1. The smallest absolute Gasteiger partial charge is 0.257 e. The zero-order valence-corrected chi connectivity index (χ0v) is 18.4. The lowest BCUT2D eigenvalue weighted by atomic mass is 10.1. The number of carbonyl (C=O) groups excluding carboxylic acids is 1. The number of benzene rings is 1. The summed E-state index contributed by atoms with van der Waals surface area (Å²) in [5, 5.41) is 11.8. The van der Waals surface area contributed by atoms with Crippen molar-refractivity contribution in [3.05, 3.63) is 53.9 Å². The van der Waals surface area contributed by atoms with Crippen LogP contribution in [0, 0.1) is 12.7 Å². The van der Waals surface area contributed by atoms with Crippen molar-refractivity contribution in [3.63, 3.8) is 0 Å². The molecule has 1 saturated heterocycles. The van der Waals surface area contributed by atoms with Crippen LogP contribution in [0.1, 0.15) is 29.4 Å². The van der Waals surface area contributed by atoms with Crippen LogP contribution in [0.25, 0.3) is 16.6 Å². The van der Waals surface area contributed by atoms with Gasteiger partial charge in [-0.15, -0.1) is 0 Å². The Morgan fingerprint density at radius 2 is 2.16 bits per heavy atom. The maximum Gasteiger partial charge on any atom is 0.257 e. The van der Waals surface area contributed by atoms with Crippen LogP contribution in [0.5, 0.6) is 0 Å². The van der Waals surface area contributed by atoms with Crippen LogP contribution >= 0.6 is 0 Å². The highest BCUT2D eigenvalue weighted by atomic mass is 19.1.